The predicted molar refractivity (Wildman–Crippen MR) is 37.3 cm³/mol. The number of aldehydes is 2. The van der Waals surface area contributed by atoms with Crippen molar-refractivity contribution < 1.29 is 9.59 Å². The Kier molecular flexibility index (Phi) is 12.9. The lowest BCUT2D eigenvalue weighted by Gasteiger charge is -1.89. The van der Waals surface area contributed by atoms with Gasteiger partial charge in [-0.1, -0.05) is 13.8 Å². The van der Waals surface area contributed by atoms with Gasteiger partial charge in [-0.15, -0.1) is 0 Å². The normalized spacial score (nSPS) is 7.56. The lowest BCUT2D eigenvalue weighted by molar-refractivity contribution is -0.108. The Morgan fingerprint density at radius 3 is 1.67 bits per heavy atom. The fourth-order valence-corrected chi connectivity index (χ4v) is 0.192. The van der Waals surface area contributed by atoms with E-state index in [-0.39, 0.29) is 0 Å². The van der Waals surface area contributed by atoms with Gasteiger partial charge in [-0.3, -0.25) is 0 Å². The molecule has 2 heteroatoms. The highest BCUT2D eigenvalue weighted by molar-refractivity contribution is 5.49. The second-order valence-corrected chi connectivity index (χ2v) is 2.03. The highest BCUT2D eigenvalue weighted by Gasteiger charge is 1.85. The smallest absolute Gasteiger partial charge is 0.120 e. The molecule has 0 fully saturated rings. The van der Waals surface area contributed by atoms with Gasteiger partial charge >= 0.3 is 0 Å². The molecule has 0 aliphatic carbocycles. The summed E-state index contributed by atoms with van der Waals surface area (Å²) < 4.78 is 0. The fraction of sp³-hybridized carbons (Fsp3) is 0.714. The molecule has 0 spiro atoms. The number of carbonyl (C=O) groups excluding carboxylic acids is 2. The van der Waals surface area contributed by atoms with Crippen LogP contribution in [0.3, 0.4) is 0 Å². The maximum Gasteiger partial charge on any atom is 0.120 e. The van der Waals surface area contributed by atoms with Crippen molar-refractivity contribution in [3.8, 4) is 0 Å². The quantitative estimate of drug-likeness (QED) is 0.530. The van der Waals surface area contributed by atoms with Crippen molar-refractivity contribution in [1.82, 2.24) is 0 Å². The summed E-state index contributed by atoms with van der Waals surface area (Å²) in [5.74, 6) is 0.530. The van der Waals surface area contributed by atoms with Crippen molar-refractivity contribution in [2.24, 2.45) is 5.92 Å². The van der Waals surface area contributed by atoms with Crippen LogP contribution < -0.4 is 0 Å². The molecule has 9 heavy (non-hydrogen) atoms. The van der Waals surface area contributed by atoms with E-state index in [1.165, 1.54) is 6.92 Å². The molecular formula is C7H14O2. The Labute approximate surface area is 56.3 Å². The van der Waals surface area contributed by atoms with Gasteiger partial charge in [-0.25, -0.2) is 0 Å². The zero-order valence-electron chi connectivity index (χ0n) is 6.26. The molecule has 0 N–H and O–H groups in total. The highest BCUT2D eigenvalue weighted by Crippen LogP contribution is 1.92. The molecule has 2 nitrogen and oxygen atoms in total. The van der Waals surface area contributed by atoms with Gasteiger partial charge < -0.3 is 9.59 Å². The number of hydrogen-bond acceptors (Lipinski definition) is 2. The van der Waals surface area contributed by atoms with Crippen molar-refractivity contribution in [2.45, 2.75) is 27.2 Å². The van der Waals surface area contributed by atoms with E-state index in [9.17, 15) is 4.79 Å². The van der Waals surface area contributed by atoms with Crippen LogP contribution in [0.4, 0.5) is 0 Å². The lowest BCUT2D eigenvalue weighted by Crippen LogP contribution is -1.84. The third-order valence-corrected chi connectivity index (χ3v) is 0.568. The number of carbonyl (C=O) groups is 2. The lowest BCUT2D eigenvalue weighted by atomic mass is 10.2. The van der Waals surface area contributed by atoms with Gasteiger partial charge in [0.25, 0.3) is 0 Å². The van der Waals surface area contributed by atoms with Gasteiger partial charge in [0.2, 0.25) is 0 Å². The summed E-state index contributed by atoms with van der Waals surface area (Å²) >= 11 is 0. The van der Waals surface area contributed by atoms with Crippen LogP contribution in [0.2, 0.25) is 0 Å². The average molecular weight is 130 g/mol. The van der Waals surface area contributed by atoms with Gasteiger partial charge in [0.15, 0.2) is 0 Å². The first-order chi connectivity index (χ1) is 4.18. The molecule has 0 saturated carbocycles. The van der Waals surface area contributed by atoms with E-state index in [4.69, 9.17) is 4.79 Å². The molecule has 0 amide bonds. The van der Waals surface area contributed by atoms with Crippen LogP contribution in [-0.4, -0.2) is 12.6 Å². The minimum atomic E-state index is 0.530. The minimum Gasteiger partial charge on any atom is -0.304 e. The summed E-state index contributed by atoms with van der Waals surface area (Å²) in [4.78, 5) is 18.4. The molecule has 0 saturated heterocycles. The zero-order chi connectivity index (χ0) is 7.70. The van der Waals surface area contributed by atoms with Gasteiger partial charge in [0, 0.05) is 6.42 Å². The maximum absolute atomic E-state index is 9.62. The van der Waals surface area contributed by atoms with E-state index in [0.717, 1.165) is 12.6 Å². The molecular weight excluding hydrogens is 116 g/mol. The van der Waals surface area contributed by atoms with E-state index in [1.807, 2.05) is 13.8 Å². The Morgan fingerprint density at radius 1 is 1.33 bits per heavy atom. The Hall–Kier alpha value is -0.660. The van der Waals surface area contributed by atoms with Crippen molar-refractivity contribution in [3.63, 3.8) is 0 Å². The number of hydrogen-bond donors (Lipinski definition) is 0. The first-order valence-corrected chi connectivity index (χ1v) is 3.02. The maximum atomic E-state index is 9.62. The summed E-state index contributed by atoms with van der Waals surface area (Å²) in [5, 5.41) is 0. The summed E-state index contributed by atoms with van der Waals surface area (Å²) in [5.41, 5.74) is 0. The third kappa shape index (κ3) is 38.2. The van der Waals surface area contributed by atoms with Crippen LogP contribution in [0.25, 0.3) is 0 Å². The molecule has 54 valence electrons. The van der Waals surface area contributed by atoms with Crippen LogP contribution in [0, 0.1) is 5.92 Å². The molecule has 0 aromatic heterocycles. The topological polar surface area (TPSA) is 34.1 Å². The molecule has 0 rings (SSSR count). The minimum absolute atomic E-state index is 0.530. The monoisotopic (exact) mass is 130 g/mol. The molecule has 0 aliphatic heterocycles. The van der Waals surface area contributed by atoms with Gasteiger partial charge in [-0.2, -0.15) is 0 Å². The molecule has 0 radical (unpaired) electrons. The van der Waals surface area contributed by atoms with Crippen LogP contribution in [0.1, 0.15) is 27.2 Å². The average Bonchev–Trinajstić information content (AvgIpc) is 1.67. The zero-order valence-corrected chi connectivity index (χ0v) is 6.26. The predicted octanol–water partition coefficient (Wildman–Crippen LogP) is 1.44. The Morgan fingerprint density at radius 2 is 1.67 bits per heavy atom. The standard InChI is InChI=1S/C5H10O.C2H4O/c1-5(2)3-4-6;1-2-3/h4-5H,3H2,1-2H3;2H,1H3. The first-order valence-electron chi connectivity index (χ1n) is 3.02. The second-order valence-electron chi connectivity index (χ2n) is 2.03. The van der Waals surface area contributed by atoms with E-state index in [2.05, 4.69) is 0 Å². The largest absolute Gasteiger partial charge is 0.304 e. The SMILES string of the molecule is CC(C)CC=O.CC=O. The van der Waals surface area contributed by atoms with Crippen molar-refractivity contribution in [1.29, 1.82) is 0 Å². The number of rotatable bonds is 2. The molecule has 0 aromatic carbocycles. The van der Waals surface area contributed by atoms with Crippen LogP contribution in [0.15, 0.2) is 0 Å². The van der Waals surface area contributed by atoms with Gasteiger partial charge in [0.05, 0.1) is 0 Å². The Bertz CT molecular complexity index is 67.3. The fourth-order valence-electron chi connectivity index (χ4n) is 0.192. The van der Waals surface area contributed by atoms with E-state index in [0.29, 0.717) is 12.3 Å². The first kappa shape index (κ1) is 11.2. The second kappa shape index (κ2) is 10.3. The molecule has 0 atom stereocenters. The molecule has 0 heterocycles. The third-order valence-electron chi connectivity index (χ3n) is 0.568. The molecule has 0 unspecified atom stereocenters. The summed E-state index contributed by atoms with van der Waals surface area (Å²) in [6.07, 6.45) is 2.39. The highest BCUT2D eigenvalue weighted by atomic mass is 16.1. The van der Waals surface area contributed by atoms with E-state index in [1.54, 1.807) is 0 Å². The van der Waals surface area contributed by atoms with Crippen LogP contribution in [-0.2, 0) is 9.59 Å². The van der Waals surface area contributed by atoms with Gasteiger partial charge in [0.1, 0.15) is 12.6 Å². The van der Waals surface area contributed by atoms with Crippen molar-refractivity contribution in [3.05, 3.63) is 0 Å². The summed E-state index contributed by atoms with van der Waals surface area (Å²) in [6, 6.07) is 0. The molecule has 0 bridgehead atoms. The summed E-state index contributed by atoms with van der Waals surface area (Å²) in [7, 11) is 0. The Balaban J connectivity index is 0. The van der Waals surface area contributed by atoms with E-state index >= 15 is 0 Å². The van der Waals surface area contributed by atoms with Gasteiger partial charge in [-0.05, 0) is 12.8 Å². The molecule has 0 aliphatic rings. The summed E-state index contributed by atoms with van der Waals surface area (Å²) in [6.45, 7) is 5.49. The van der Waals surface area contributed by atoms with Crippen molar-refractivity contribution >= 4 is 12.6 Å². The van der Waals surface area contributed by atoms with Crippen LogP contribution in [0.5, 0.6) is 0 Å². The van der Waals surface area contributed by atoms with Crippen molar-refractivity contribution in [2.75, 3.05) is 0 Å². The van der Waals surface area contributed by atoms with E-state index < -0.39 is 0 Å². The van der Waals surface area contributed by atoms with Crippen LogP contribution >= 0.6 is 0 Å². The molecule has 0 aromatic rings.